The summed E-state index contributed by atoms with van der Waals surface area (Å²) in [6.45, 7) is 0.607. The Balaban J connectivity index is 1.43. The van der Waals surface area contributed by atoms with E-state index in [0.29, 0.717) is 22.2 Å². The average molecular weight is 587 g/mol. The monoisotopic (exact) mass is 585 g/mol. The Kier molecular flexibility index (Phi) is 6.84. The van der Waals surface area contributed by atoms with Crippen molar-refractivity contribution in [3.05, 3.63) is 91.0 Å². The molecule has 1 fully saturated rings. The summed E-state index contributed by atoms with van der Waals surface area (Å²) in [5.41, 5.74) is 2.06. The minimum absolute atomic E-state index is 0.118. The number of anilines is 1. The molecule has 10 heteroatoms. The average Bonchev–Trinajstić information content (AvgIpc) is 3.53. The number of fused-ring (bicyclic) bond motifs is 1. The summed E-state index contributed by atoms with van der Waals surface area (Å²) in [6.07, 6.45) is 3.54. The fourth-order valence-electron chi connectivity index (χ4n) is 3.77. The van der Waals surface area contributed by atoms with Crippen LogP contribution in [-0.2, 0) is 22.7 Å². The predicted molar refractivity (Wildman–Crippen MR) is 146 cm³/mol. The van der Waals surface area contributed by atoms with E-state index in [1.54, 1.807) is 41.7 Å². The van der Waals surface area contributed by atoms with Crippen LogP contribution in [0.1, 0.15) is 10.4 Å². The first-order chi connectivity index (χ1) is 16.9. The number of nitrogens with zero attached hydrogens (tertiary/aromatic N) is 2. The molecule has 2 aromatic carbocycles. The lowest BCUT2D eigenvalue weighted by Gasteiger charge is -2.12. The lowest BCUT2D eigenvalue weighted by molar-refractivity contribution is -0.121. The van der Waals surface area contributed by atoms with Crippen molar-refractivity contribution >= 4 is 90.3 Å². The number of aromatic nitrogens is 1. The third-order valence-electron chi connectivity index (χ3n) is 5.39. The van der Waals surface area contributed by atoms with Crippen molar-refractivity contribution in [1.82, 2.24) is 9.88 Å². The quantitative estimate of drug-likeness (QED) is 0.256. The second-order valence-corrected chi connectivity index (χ2v) is 11.1. The summed E-state index contributed by atoms with van der Waals surface area (Å²) in [7, 11) is 0. The van der Waals surface area contributed by atoms with Gasteiger partial charge in [0.05, 0.1) is 17.1 Å². The van der Waals surface area contributed by atoms with Crippen molar-refractivity contribution < 1.29 is 14.4 Å². The molecule has 0 saturated carbocycles. The maximum atomic E-state index is 13.1. The lowest BCUT2D eigenvalue weighted by Crippen LogP contribution is -2.27. The second kappa shape index (κ2) is 10.0. The summed E-state index contributed by atoms with van der Waals surface area (Å²) >= 11 is 11.9. The normalized spacial score (nSPS) is 14.9. The SMILES string of the molecule is O=C(Cn1cc(/C=C2\SC(=O)N(c3ccc(Cl)cc3)C2=O)c2cc(Br)ccc21)NCc1cccs1. The fraction of sp³-hybridized carbons (Fsp3) is 0.0800. The zero-order chi connectivity index (χ0) is 24.5. The van der Waals surface area contributed by atoms with E-state index < -0.39 is 5.91 Å². The van der Waals surface area contributed by atoms with E-state index in [2.05, 4.69) is 21.2 Å². The zero-order valence-corrected chi connectivity index (χ0v) is 22.0. The van der Waals surface area contributed by atoms with Gasteiger partial charge < -0.3 is 9.88 Å². The molecular weight excluding hydrogens is 570 g/mol. The van der Waals surface area contributed by atoms with Crippen molar-refractivity contribution in [3.63, 3.8) is 0 Å². The molecule has 0 spiro atoms. The van der Waals surface area contributed by atoms with Gasteiger partial charge in [0.1, 0.15) is 6.54 Å². The highest BCUT2D eigenvalue weighted by atomic mass is 79.9. The van der Waals surface area contributed by atoms with Crippen molar-refractivity contribution in [3.8, 4) is 0 Å². The van der Waals surface area contributed by atoms with E-state index in [1.165, 1.54) is 0 Å². The molecule has 0 radical (unpaired) electrons. The topological polar surface area (TPSA) is 71.4 Å². The lowest BCUT2D eigenvalue weighted by atomic mass is 10.1. The van der Waals surface area contributed by atoms with Crippen LogP contribution in [0.2, 0.25) is 5.02 Å². The number of imide groups is 1. The molecule has 6 nitrogen and oxygen atoms in total. The summed E-state index contributed by atoms with van der Waals surface area (Å²) in [6, 6.07) is 16.2. The zero-order valence-electron chi connectivity index (χ0n) is 18.0. The van der Waals surface area contributed by atoms with Crippen molar-refractivity contribution in [1.29, 1.82) is 0 Å². The van der Waals surface area contributed by atoms with Crippen LogP contribution in [0.5, 0.6) is 0 Å². The van der Waals surface area contributed by atoms with Crippen molar-refractivity contribution in [2.45, 2.75) is 13.1 Å². The summed E-state index contributed by atoms with van der Waals surface area (Å²) < 4.78 is 2.72. The first kappa shape index (κ1) is 23.9. The molecule has 1 aliphatic rings. The van der Waals surface area contributed by atoms with Crippen LogP contribution in [0.4, 0.5) is 10.5 Å². The molecule has 0 bridgehead atoms. The molecule has 1 saturated heterocycles. The van der Waals surface area contributed by atoms with Crippen molar-refractivity contribution in [2.24, 2.45) is 0 Å². The Morgan fingerprint density at radius 1 is 1.11 bits per heavy atom. The molecular formula is C25H17BrClN3O3S2. The molecule has 176 valence electrons. The molecule has 3 amide bonds. The molecule has 5 rings (SSSR count). The Morgan fingerprint density at radius 2 is 1.91 bits per heavy atom. The molecule has 0 unspecified atom stereocenters. The maximum Gasteiger partial charge on any atom is 0.298 e. The predicted octanol–water partition coefficient (Wildman–Crippen LogP) is 6.68. The van der Waals surface area contributed by atoms with Gasteiger partial charge in [-0.05, 0) is 71.7 Å². The van der Waals surface area contributed by atoms with Crippen LogP contribution in [-0.4, -0.2) is 21.6 Å². The van der Waals surface area contributed by atoms with Gasteiger partial charge in [-0.3, -0.25) is 14.4 Å². The largest absolute Gasteiger partial charge is 0.350 e. The maximum absolute atomic E-state index is 13.1. The highest BCUT2D eigenvalue weighted by molar-refractivity contribution is 9.10. The molecule has 2 aromatic heterocycles. The number of nitrogens with one attached hydrogen (secondary N) is 1. The van der Waals surface area contributed by atoms with Gasteiger partial charge in [0.15, 0.2) is 0 Å². The Hall–Kier alpha value is -2.85. The minimum Gasteiger partial charge on any atom is -0.350 e. The standard InChI is InChI=1S/C25H17BrClN3O3S2/c26-16-3-8-21-20(11-16)15(13-29(21)14-23(31)28-12-19-2-1-9-34-19)10-22-24(32)30(25(33)35-22)18-6-4-17(27)5-7-18/h1-11,13H,12,14H2,(H,28,31)/b22-10-. The number of hydrogen-bond donors (Lipinski definition) is 1. The molecule has 1 N–H and O–H groups in total. The molecule has 1 aliphatic heterocycles. The Bertz CT molecular complexity index is 1480. The highest BCUT2D eigenvalue weighted by Gasteiger charge is 2.36. The number of thiophene rings is 1. The van der Waals surface area contributed by atoms with E-state index in [4.69, 9.17) is 11.6 Å². The number of thioether (sulfide) groups is 1. The highest BCUT2D eigenvalue weighted by Crippen LogP contribution is 2.37. The number of benzene rings is 2. The fourth-order valence-corrected chi connectivity index (χ4v) is 5.74. The summed E-state index contributed by atoms with van der Waals surface area (Å²) in [4.78, 5) is 40.9. The first-order valence-electron chi connectivity index (χ1n) is 10.5. The third kappa shape index (κ3) is 5.08. The number of hydrogen-bond acceptors (Lipinski definition) is 5. The first-order valence-corrected chi connectivity index (χ1v) is 13.4. The minimum atomic E-state index is -0.396. The van der Waals surface area contributed by atoms with Crippen LogP contribution < -0.4 is 10.2 Å². The van der Waals surface area contributed by atoms with Gasteiger partial charge in [0, 0.05) is 37.0 Å². The van der Waals surface area contributed by atoms with E-state index in [1.807, 2.05) is 46.5 Å². The Labute approximate surface area is 222 Å². The number of halogens is 2. The summed E-state index contributed by atoms with van der Waals surface area (Å²) in [5.74, 6) is -0.514. The molecule has 3 heterocycles. The van der Waals surface area contributed by atoms with E-state index in [9.17, 15) is 14.4 Å². The number of rotatable bonds is 6. The van der Waals surface area contributed by atoms with Gasteiger partial charge >= 0.3 is 0 Å². The number of amides is 3. The second-order valence-electron chi connectivity index (χ2n) is 7.72. The van der Waals surface area contributed by atoms with Crippen LogP contribution in [0.3, 0.4) is 0 Å². The number of carbonyl (C=O) groups excluding carboxylic acids is 3. The van der Waals surface area contributed by atoms with Crippen LogP contribution in [0, 0.1) is 0 Å². The van der Waals surface area contributed by atoms with Gasteiger partial charge in [-0.2, -0.15) is 0 Å². The molecule has 35 heavy (non-hydrogen) atoms. The van der Waals surface area contributed by atoms with Gasteiger partial charge in [-0.15, -0.1) is 11.3 Å². The smallest absolute Gasteiger partial charge is 0.298 e. The van der Waals surface area contributed by atoms with Crippen LogP contribution in [0.15, 0.2) is 75.6 Å². The summed E-state index contributed by atoms with van der Waals surface area (Å²) in [5, 5.41) is 5.92. The van der Waals surface area contributed by atoms with Crippen molar-refractivity contribution in [2.75, 3.05) is 4.90 Å². The molecule has 4 aromatic rings. The van der Waals surface area contributed by atoms with Crippen LogP contribution >= 0.6 is 50.6 Å². The molecule has 0 aliphatic carbocycles. The molecule has 0 atom stereocenters. The third-order valence-corrected chi connectivity index (χ3v) is 7.88. The van der Waals surface area contributed by atoms with E-state index >= 15 is 0 Å². The number of carbonyl (C=O) groups is 3. The van der Waals surface area contributed by atoms with Gasteiger partial charge in [-0.25, -0.2) is 4.90 Å². The van der Waals surface area contributed by atoms with E-state index in [-0.39, 0.29) is 17.7 Å². The van der Waals surface area contributed by atoms with Gasteiger partial charge in [-0.1, -0.05) is 33.6 Å². The van der Waals surface area contributed by atoms with E-state index in [0.717, 1.165) is 42.5 Å². The van der Waals surface area contributed by atoms with Gasteiger partial charge in [0.2, 0.25) is 5.91 Å². The van der Waals surface area contributed by atoms with Crippen LogP contribution in [0.25, 0.3) is 17.0 Å². The Morgan fingerprint density at radius 3 is 2.66 bits per heavy atom. The van der Waals surface area contributed by atoms with Gasteiger partial charge in [0.25, 0.3) is 11.1 Å².